The number of carbonyl (C=O) groups excluding carboxylic acids is 1. The molecule has 16 heavy (non-hydrogen) atoms. The molecule has 6 heteroatoms. The Bertz CT molecular complexity index is 384. The Labute approximate surface area is 90.9 Å². The molecule has 1 aromatic carbocycles. The van der Waals surface area contributed by atoms with Gasteiger partial charge in [-0.25, -0.2) is 18.0 Å². The Morgan fingerprint density at radius 1 is 1.25 bits per heavy atom. The third-order valence-corrected chi connectivity index (χ3v) is 1.93. The monoisotopic (exact) mass is 232 g/mol. The molecule has 0 unspecified atom stereocenters. The Morgan fingerprint density at radius 3 is 2.19 bits per heavy atom. The lowest BCUT2D eigenvalue weighted by Crippen LogP contribution is -2.34. The van der Waals surface area contributed by atoms with Gasteiger partial charge in [-0.15, -0.1) is 0 Å². The van der Waals surface area contributed by atoms with Crippen LogP contribution in [0.5, 0.6) is 0 Å². The van der Waals surface area contributed by atoms with E-state index in [1.807, 2.05) is 0 Å². The number of carbonyl (C=O) groups is 1. The molecule has 0 spiro atoms. The third kappa shape index (κ3) is 2.88. The minimum absolute atomic E-state index is 0.324. The van der Waals surface area contributed by atoms with Gasteiger partial charge in [-0.3, -0.25) is 0 Å². The molecule has 88 valence electrons. The van der Waals surface area contributed by atoms with Crippen LogP contribution in [0.2, 0.25) is 0 Å². The molecule has 3 nitrogen and oxygen atoms in total. The molecule has 0 aromatic heterocycles. The number of benzene rings is 1. The van der Waals surface area contributed by atoms with E-state index < -0.39 is 23.5 Å². The molecule has 0 aliphatic heterocycles. The molecule has 1 rings (SSSR count). The quantitative estimate of drug-likeness (QED) is 0.829. The number of hydrogen-bond donors (Lipinski definition) is 1. The van der Waals surface area contributed by atoms with Crippen molar-refractivity contribution in [1.29, 1.82) is 0 Å². The molecule has 0 heterocycles. The second-order valence-corrected chi connectivity index (χ2v) is 3.40. The lowest BCUT2D eigenvalue weighted by atomic mass is 10.2. The summed E-state index contributed by atoms with van der Waals surface area (Å²) in [6, 6.07) is 0.656. The lowest BCUT2D eigenvalue weighted by molar-refractivity contribution is 0.216. The van der Waals surface area contributed by atoms with Crippen molar-refractivity contribution in [3.63, 3.8) is 0 Å². The molecule has 0 saturated heterocycles. The van der Waals surface area contributed by atoms with E-state index in [1.165, 1.54) is 19.0 Å². The molecule has 0 saturated carbocycles. The van der Waals surface area contributed by atoms with E-state index >= 15 is 0 Å². The Morgan fingerprint density at radius 2 is 1.75 bits per heavy atom. The van der Waals surface area contributed by atoms with Gasteiger partial charge in [0.25, 0.3) is 0 Å². The van der Waals surface area contributed by atoms with E-state index in [-0.39, 0.29) is 12.1 Å². The molecule has 0 aliphatic rings. The van der Waals surface area contributed by atoms with E-state index in [0.717, 1.165) is 0 Å². The normalized spacial score (nSPS) is 10.1. The number of nitrogens with one attached hydrogen (secondary N) is 1. The molecule has 0 aliphatic carbocycles. The number of halogens is 3. The molecule has 0 bridgehead atoms. The minimum atomic E-state index is -1.02. The largest absolute Gasteiger partial charge is 0.334 e. The highest BCUT2D eigenvalue weighted by molar-refractivity contribution is 5.73. The average Bonchev–Trinajstić information content (AvgIpc) is 2.15. The third-order valence-electron chi connectivity index (χ3n) is 1.93. The van der Waals surface area contributed by atoms with Crippen LogP contribution in [0.15, 0.2) is 12.1 Å². The molecule has 1 aromatic rings. The lowest BCUT2D eigenvalue weighted by Gasteiger charge is -2.12. The summed E-state index contributed by atoms with van der Waals surface area (Å²) in [6.45, 7) is -0.324. The van der Waals surface area contributed by atoms with Crippen LogP contribution < -0.4 is 5.32 Å². The van der Waals surface area contributed by atoms with Crippen LogP contribution in [0.3, 0.4) is 0 Å². The van der Waals surface area contributed by atoms with Gasteiger partial charge in [0.1, 0.15) is 17.5 Å². The fourth-order valence-corrected chi connectivity index (χ4v) is 1.06. The first-order chi connectivity index (χ1) is 7.41. The average molecular weight is 232 g/mol. The fraction of sp³-hybridized carbons (Fsp3) is 0.300. The van der Waals surface area contributed by atoms with E-state index in [9.17, 15) is 18.0 Å². The van der Waals surface area contributed by atoms with Crippen LogP contribution in [-0.2, 0) is 6.54 Å². The van der Waals surface area contributed by atoms with E-state index in [0.29, 0.717) is 12.1 Å². The fourth-order valence-electron chi connectivity index (χ4n) is 1.06. The maximum absolute atomic E-state index is 13.1. The van der Waals surface area contributed by atoms with E-state index in [4.69, 9.17) is 0 Å². The first-order valence-electron chi connectivity index (χ1n) is 4.50. The smallest absolute Gasteiger partial charge is 0.317 e. The zero-order valence-corrected chi connectivity index (χ0v) is 8.85. The maximum atomic E-state index is 13.1. The number of amides is 2. The van der Waals surface area contributed by atoms with Crippen molar-refractivity contribution in [1.82, 2.24) is 10.2 Å². The molecular weight excluding hydrogens is 221 g/mol. The van der Waals surface area contributed by atoms with Gasteiger partial charge >= 0.3 is 6.03 Å². The Balaban J connectivity index is 2.78. The Kier molecular flexibility index (Phi) is 3.76. The summed E-state index contributed by atoms with van der Waals surface area (Å²) in [4.78, 5) is 12.3. The van der Waals surface area contributed by atoms with Crippen molar-refractivity contribution < 1.29 is 18.0 Å². The van der Waals surface area contributed by atoms with Crippen LogP contribution in [-0.4, -0.2) is 25.0 Å². The highest BCUT2D eigenvalue weighted by Crippen LogP contribution is 2.14. The Hall–Kier alpha value is -1.72. The molecule has 1 N–H and O–H groups in total. The maximum Gasteiger partial charge on any atom is 0.317 e. The highest BCUT2D eigenvalue weighted by atomic mass is 19.1. The van der Waals surface area contributed by atoms with Gasteiger partial charge in [-0.1, -0.05) is 0 Å². The highest BCUT2D eigenvalue weighted by Gasteiger charge is 2.12. The van der Waals surface area contributed by atoms with E-state index in [1.54, 1.807) is 0 Å². The van der Waals surface area contributed by atoms with Gasteiger partial charge in [-0.05, 0) is 0 Å². The summed E-state index contributed by atoms with van der Waals surface area (Å²) in [5.74, 6) is -3.02. The number of urea groups is 1. The zero-order valence-electron chi connectivity index (χ0n) is 8.85. The van der Waals surface area contributed by atoms with Crippen molar-refractivity contribution in [2.24, 2.45) is 0 Å². The topological polar surface area (TPSA) is 32.3 Å². The number of hydrogen-bond acceptors (Lipinski definition) is 1. The van der Waals surface area contributed by atoms with Crippen molar-refractivity contribution in [2.45, 2.75) is 6.54 Å². The summed E-state index contributed by atoms with van der Waals surface area (Å²) < 4.78 is 38.8. The summed E-state index contributed by atoms with van der Waals surface area (Å²) in [5, 5.41) is 2.28. The van der Waals surface area contributed by atoms with Gasteiger partial charge in [0.15, 0.2) is 0 Å². The van der Waals surface area contributed by atoms with E-state index in [2.05, 4.69) is 5.32 Å². The molecule has 0 fully saturated rings. The zero-order chi connectivity index (χ0) is 12.3. The number of nitrogens with zero attached hydrogens (tertiary/aromatic N) is 1. The van der Waals surface area contributed by atoms with Gasteiger partial charge in [0.2, 0.25) is 0 Å². The van der Waals surface area contributed by atoms with Gasteiger partial charge < -0.3 is 10.2 Å². The van der Waals surface area contributed by atoms with Crippen LogP contribution in [0.25, 0.3) is 0 Å². The van der Waals surface area contributed by atoms with Gasteiger partial charge in [0, 0.05) is 31.8 Å². The SMILES string of the molecule is CN(C)C(=O)NCc1c(F)cc(F)cc1F. The summed E-state index contributed by atoms with van der Waals surface area (Å²) >= 11 is 0. The minimum Gasteiger partial charge on any atom is -0.334 e. The van der Waals surface area contributed by atoms with Crippen LogP contribution >= 0.6 is 0 Å². The second kappa shape index (κ2) is 4.87. The summed E-state index contributed by atoms with van der Waals surface area (Å²) in [6.07, 6.45) is 0. The molecule has 0 atom stereocenters. The first-order valence-corrected chi connectivity index (χ1v) is 4.50. The molecular formula is C10H11F3N2O. The standard InChI is InChI=1S/C10H11F3N2O/c1-15(2)10(16)14-5-7-8(12)3-6(11)4-9(7)13/h3-4H,5H2,1-2H3,(H,14,16). The second-order valence-electron chi connectivity index (χ2n) is 3.40. The molecule has 2 amide bonds. The van der Waals surface area contributed by atoms with Crippen LogP contribution in [0.1, 0.15) is 5.56 Å². The van der Waals surface area contributed by atoms with Crippen LogP contribution in [0.4, 0.5) is 18.0 Å². The first kappa shape index (κ1) is 12.4. The molecule has 0 radical (unpaired) electrons. The van der Waals surface area contributed by atoms with Gasteiger partial charge in [-0.2, -0.15) is 0 Å². The van der Waals surface area contributed by atoms with Crippen molar-refractivity contribution in [3.8, 4) is 0 Å². The number of rotatable bonds is 2. The van der Waals surface area contributed by atoms with Crippen molar-refractivity contribution in [2.75, 3.05) is 14.1 Å². The van der Waals surface area contributed by atoms with Gasteiger partial charge in [0.05, 0.1) is 6.54 Å². The summed E-state index contributed by atoms with van der Waals surface area (Å²) in [5.41, 5.74) is -0.364. The van der Waals surface area contributed by atoms with Crippen molar-refractivity contribution >= 4 is 6.03 Å². The predicted molar refractivity (Wildman–Crippen MR) is 52.2 cm³/mol. The van der Waals surface area contributed by atoms with Crippen molar-refractivity contribution in [3.05, 3.63) is 35.1 Å². The predicted octanol–water partition coefficient (Wildman–Crippen LogP) is 1.88. The van der Waals surface area contributed by atoms with Crippen LogP contribution in [0, 0.1) is 17.5 Å². The summed E-state index contributed by atoms with van der Waals surface area (Å²) in [7, 11) is 2.99.